The first-order valence-corrected chi connectivity index (χ1v) is 10.4. The molecule has 0 radical (unpaired) electrons. The third kappa shape index (κ3) is 9.60. The van der Waals surface area contributed by atoms with Crippen molar-refractivity contribution in [2.75, 3.05) is 13.2 Å². The summed E-state index contributed by atoms with van der Waals surface area (Å²) in [4.78, 5) is 24.3. The molecule has 0 aliphatic rings. The van der Waals surface area contributed by atoms with E-state index in [4.69, 9.17) is 9.47 Å². The van der Waals surface area contributed by atoms with Gasteiger partial charge in [0.1, 0.15) is 0 Å². The van der Waals surface area contributed by atoms with Crippen LogP contribution in [0.4, 0.5) is 0 Å². The van der Waals surface area contributed by atoms with Crippen LogP contribution < -0.4 is 0 Å². The Bertz CT molecular complexity index is 548. The van der Waals surface area contributed by atoms with Crippen LogP contribution in [0.2, 0.25) is 0 Å². The minimum absolute atomic E-state index is 0.327. The number of carbonyl (C=O) groups is 2. The van der Waals surface area contributed by atoms with Crippen LogP contribution in [-0.2, 0) is 9.47 Å². The van der Waals surface area contributed by atoms with Gasteiger partial charge in [-0.3, -0.25) is 0 Å². The van der Waals surface area contributed by atoms with Gasteiger partial charge >= 0.3 is 11.9 Å². The highest BCUT2D eigenvalue weighted by Gasteiger charge is 2.14. The number of unbranched alkanes of at least 4 members (excludes halogenated alkanes) is 2. The van der Waals surface area contributed by atoms with Crippen LogP contribution >= 0.6 is 0 Å². The SMILES string of the molecule is CCCCCC(CCC)COC(=O)c1ccc(C(=O)OCCC(C)C)cc1. The van der Waals surface area contributed by atoms with E-state index in [1.807, 2.05) is 0 Å². The summed E-state index contributed by atoms with van der Waals surface area (Å²) in [6, 6.07) is 6.51. The molecule has 1 aromatic carbocycles. The Kier molecular flexibility index (Phi) is 11.5. The zero-order valence-corrected chi connectivity index (χ0v) is 17.5. The van der Waals surface area contributed by atoms with Crippen LogP contribution in [0.25, 0.3) is 0 Å². The van der Waals surface area contributed by atoms with Gasteiger partial charge in [0.2, 0.25) is 0 Å². The van der Waals surface area contributed by atoms with E-state index in [2.05, 4.69) is 27.7 Å². The Labute approximate surface area is 164 Å². The summed E-state index contributed by atoms with van der Waals surface area (Å²) in [7, 11) is 0. The molecule has 0 aliphatic carbocycles. The first-order valence-electron chi connectivity index (χ1n) is 10.4. The lowest BCUT2D eigenvalue weighted by Crippen LogP contribution is -2.15. The van der Waals surface area contributed by atoms with Crippen molar-refractivity contribution in [2.45, 2.75) is 72.6 Å². The van der Waals surface area contributed by atoms with E-state index in [9.17, 15) is 9.59 Å². The van der Waals surface area contributed by atoms with Crippen molar-refractivity contribution in [3.8, 4) is 0 Å². The first kappa shape index (κ1) is 23.2. The van der Waals surface area contributed by atoms with Gasteiger partial charge < -0.3 is 9.47 Å². The highest BCUT2D eigenvalue weighted by Crippen LogP contribution is 2.17. The second kappa shape index (κ2) is 13.3. The Balaban J connectivity index is 2.49. The lowest BCUT2D eigenvalue weighted by molar-refractivity contribution is 0.0420. The summed E-state index contributed by atoms with van der Waals surface area (Å²) in [5, 5.41) is 0. The van der Waals surface area contributed by atoms with Crippen molar-refractivity contribution >= 4 is 11.9 Å². The quantitative estimate of drug-likeness (QED) is 0.311. The normalized spacial score (nSPS) is 12.0. The van der Waals surface area contributed by atoms with Gasteiger partial charge in [-0.1, -0.05) is 53.4 Å². The van der Waals surface area contributed by atoms with Gasteiger partial charge in [0, 0.05) is 0 Å². The number of carbonyl (C=O) groups excluding carboxylic acids is 2. The maximum atomic E-state index is 12.3. The van der Waals surface area contributed by atoms with Crippen LogP contribution in [0.1, 0.15) is 93.4 Å². The molecule has 0 bridgehead atoms. The van der Waals surface area contributed by atoms with Gasteiger partial charge in [-0.2, -0.15) is 0 Å². The molecule has 0 N–H and O–H groups in total. The minimum Gasteiger partial charge on any atom is -0.462 e. The third-order valence-electron chi connectivity index (χ3n) is 4.65. The number of ether oxygens (including phenoxy) is 2. The van der Waals surface area contributed by atoms with Crippen LogP contribution in [0.5, 0.6) is 0 Å². The van der Waals surface area contributed by atoms with Gasteiger partial charge in [-0.15, -0.1) is 0 Å². The molecule has 4 heteroatoms. The standard InChI is InChI=1S/C23H36O4/c1-5-7-8-10-19(9-6-2)17-27-23(25)21-13-11-20(12-14-21)22(24)26-16-15-18(3)4/h11-14,18-19H,5-10,15-17H2,1-4H3. The second-order valence-electron chi connectivity index (χ2n) is 7.64. The predicted molar refractivity (Wildman–Crippen MR) is 109 cm³/mol. The molecule has 0 heterocycles. The predicted octanol–water partition coefficient (Wildman–Crippen LogP) is 6.04. The number of benzene rings is 1. The van der Waals surface area contributed by atoms with Crippen molar-refractivity contribution < 1.29 is 19.1 Å². The van der Waals surface area contributed by atoms with Crippen LogP contribution in [0.3, 0.4) is 0 Å². The molecule has 1 unspecified atom stereocenters. The molecule has 0 spiro atoms. The van der Waals surface area contributed by atoms with Gasteiger partial charge in [-0.05, 0) is 55.4 Å². The monoisotopic (exact) mass is 376 g/mol. The van der Waals surface area contributed by atoms with Gasteiger partial charge in [0.25, 0.3) is 0 Å². The molecule has 0 fully saturated rings. The lowest BCUT2D eigenvalue weighted by atomic mass is 9.97. The van der Waals surface area contributed by atoms with Crippen LogP contribution in [0.15, 0.2) is 24.3 Å². The van der Waals surface area contributed by atoms with Gasteiger partial charge in [0.05, 0.1) is 24.3 Å². The Morgan fingerprint density at radius 1 is 0.815 bits per heavy atom. The molecule has 27 heavy (non-hydrogen) atoms. The fourth-order valence-corrected chi connectivity index (χ4v) is 2.89. The molecule has 4 nitrogen and oxygen atoms in total. The van der Waals surface area contributed by atoms with E-state index in [0.717, 1.165) is 25.7 Å². The summed E-state index contributed by atoms with van der Waals surface area (Å²) < 4.78 is 10.7. The maximum Gasteiger partial charge on any atom is 0.338 e. The number of hydrogen-bond donors (Lipinski definition) is 0. The summed E-state index contributed by atoms with van der Waals surface area (Å²) in [6.45, 7) is 9.41. The largest absolute Gasteiger partial charge is 0.462 e. The smallest absolute Gasteiger partial charge is 0.338 e. The average molecular weight is 377 g/mol. The number of rotatable bonds is 13. The second-order valence-corrected chi connectivity index (χ2v) is 7.64. The molecule has 1 atom stereocenters. The molecule has 1 rings (SSSR count). The Morgan fingerprint density at radius 3 is 1.93 bits per heavy atom. The van der Waals surface area contributed by atoms with E-state index in [0.29, 0.717) is 36.2 Å². The Hall–Kier alpha value is -1.84. The zero-order chi connectivity index (χ0) is 20.1. The molecule has 152 valence electrons. The average Bonchev–Trinajstić information content (AvgIpc) is 2.65. The fourth-order valence-electron chi connectivity index (χ4n) is 2.89. The first-order chi connectivity index (χ1) is 13.0. The molecule has 0 amide bonds. The number of esters is 2. The number of hydrogen-bond acceptors (Lipinski definition) is 4. The van der Waals surface area contributed by atoms with E-state index in [1.165, 1.54) is 19.3 Å². The van der Waals surface area contributed by atoms with Crippen LogP contribution in [-0.4, -0.2) is 25.2 Å². The van der Waals surface area contributed by atoms with Crippen molar-refractivity contribution in [3.05, 3.63) is 35.4 Å². The molecule has 0 saturated heterocycles. The fraction of sp³-hybridized carbons (Fsp3) is 0.652. The highest BCUT2D eigenvalue weighted by molar-refractivity contribution is 5.93. The summed E-state index contributed by atoms with van der Waals surface area (Å²) >= 11 is 0. The van der Waals surface area contributed by atoms with E-state index in [-0.39, 0.29) is 11.9 Å². The van der Waals surface area contributed by atoms with Gasteiger partial charge in [-0.25, -0.2) is 9.59 Å². The van der Waals surface area contributed by atoms with Crippen molar-refractivity contribution in [1.29, 1.82) is 0 Å². The molecular formula is C23H36O4. The van der Waals surface area contributed by atoms with Crippen molar-refractivity contribution in [2.24, 2.45) is 11.8 Å². The third-order valence-corrected chi connectivity index (χ3v) is 4.65. The highest BCUT2D eigenvalue weighted by atomic mass is 16.5. The summed E-state index contributed by atoms with van der Waals surface area (Å²) in [5.41, 5.74) is 0.927. The molecular weight excluding hydrogens is 340 g/mol. The zero-order valence-electron chi connectivity index (χ0n) is 17.5. The van der Waals surface area contributed by atoms with E-state index >= 15 is 0 Å². The van der Waals surface area contributed by atoms with Crippen LogP contribution in [0, 0.1) is 11.8 Å². The maximum absolute atomic E-state index is 12.3. The Morgan fingerprint density at radius 2 is 1.41 bits per heavy atom. The molecule has 0 saturated carbocycles. The van der Waals surface area contributed by atoms with E-state index < -0.39 is 0 Å². The topological polar surface area (TPSA) is 52.6 Å². The van der Waals surface area contributed by atoms with Gasteiger partial charge in [0.15, 0.2) is 0 Å². The van der Waals surface area contributed by atoms with Crippen molar-refractivity contribution in [1.82, 2.24) is 0 Å². The summed E-state index contributed by atoms with van der Waals surface area (Å²) in [6.07, 6.45) is 7.74. The molecule has 0 aromatic heterocycles. The van der Waals surface area contributed by atoms with Crippen molar-refractivity contribution in [3.63, 3.8) is 0 Å². The van der Waals surface area contributed by atoms with E-state index in [1.54, 1.807) is 24.3 Å². The summed E-state index contributed by atoms with van der Waals surface area (Å²) in [5.74, 6) is 0.245. The molecule has 0 aliphatic heterocycles. The lowest BCUT2D eigenvalue weighted by Gasteiger charge is -2.16. The minimum atomic E-state index is -0.352. The molecule has 1 aromatic rings.